The molecule has 0 aromatic heterocycles. The van der Waals surface area contributed by atoms with Crippen molar-refractivity contribution in [3.63, 3.8) is 0 Å². The maximum atomic E-state index is 8.98. The van der Waals surface area contributed by atoms with Gasteiger partial charge >= 0.3 is 0 Å². The first-order valence-corrected chi connectivity index (χ1v) is 5.02. The zero-order valence-corrected chi connectivity index (χ0v) is 8.29. The van der Waals surface area contributed by atoms with Gasteiger partial charge in [-0.2, -0.15) is 5.26 Å². The Bertz CT molecular complexity index is 374. The van der Waals surface area contributed by atoms with E-state index in [2.05, 4.69) is 6.07 Å². The lowest BCUT2D eigenvalue weighted by Gasteiger charge is -2.06. The van der Waals surface area contributed by atoms with Gasteiger partial charge in [-0.3, -0.25) is 0 Å². The predicted octanol–water partition coefficient (Wildman–Crippen LogP) is 2.83. The number of nitriles is 1. The van der Waals surface area contributed by atoms with Crippen molar-refractivity contribution in [2.24, 2.45) is 0 Å². The second kappa shape index (κ2) is 3.71. The molecule has 2 nitrogen and oxygen atoms in total. The first-order valence-electron chi connectivity index (χ1n) is 5.02. The number of rotatable bonds is 3. The van der Waals surface area contributed by atoms with E-state index in [1.807, 2.05) is 25.1 Å². The van der Waals surface area contributed by atoms with E-state index in [4.69, 9.17) is 10.00 Å². The van der Waals surface area contributed by atoms with Gasteiger partial charge in [0.2, 0.25) is 0 Å². The Labute approximate surface area is 84.1 Å². The third-order valence-electron chi connectivity index (χ3n) is 2.47. The minimum Gasteiger partial charge on any atom is -0.494 e. The zero-order valence-electron chi connectivity index (χ0n) is 8.29. The predicted molar refractivity (Wildman–Crippen MR) is 54.3 cm³/mol. The molecule has 0 aliphatic heterocycles. The van der Waals surface area contributed by atoms with Crippen LogP contribution in [0.4, 0.5) is 0 Å². The first kappa shape index (κ1) is 9.08. The normalized spacial score (nSPS) is 14.9. The van der Waals surface area contributed by atoms with E-state index in [9.17, 15) is 0 Å². The summed E-state index contributed by atoms with van der Waals surface area (Å²) in [5.74, 6) is 1.42. The van der Waals surface area contributed by atoms with E-state index in [0.29, 0.717) is 12.5 Å². The van der Waals surface area contributed by atoms with E-state index in [1.54, 1.807) is 0 Å². The Hall–Kier alpha value is -1.49. The molecule has 0 unspecified atom stereocenters. The average Bonchev–Trinajstić information content (AvgIpc) is 3.02. The Morgan fingerprint density at radius 2 is 2.29 bits per heavy atom. The molecule has 1 aliphatic rings. The summed E-state index contributed by atoms with van der Waals surface area (Å²) in [4.78, 5) is 0. The lowest BCUT2D eigenvalue weighted by atomic mass is 10.0. The summed E-state index contributed by atoms with van der Waals surface area (Å²) >= 11 is 0. The summed E-state index contributed by atoms with van der Waals surface area (Å²) in [6, 6.07) is 8.07. The van der Waals surface area contributed by atoms with E-state index < -0.39 is 0 Å². The van der Waals surface area contributed by atoms with Crippen molar-refractivity contribution < 1.29 is 4.74 Å². The van der Waals surface area contributed by atoms with Crippen LogP contribution in [0, 0.1) is 11.3 Å². The van der Waals surface area contributed by atoms with Crippen molar-refractivity contribution in [2.75, 3.05) is 6.61 Å². The Morgan fingerprint density at radius 3 is 2.86 bits per heavy atom. The van der Waals surface area contributed by atoms with Gasteiger partial charge in [0.15, 0.2) is 0 Å². The molecule has 0 radical (unpaired) electrons. The van der Waals surface area contributed by atoms with Crippen LogP contribution >= 0.6 is 0 Å². The van der Waals surface area contributed by atoms with Gasteiger partial charge in [0.1, 0.15) is 5.75 Å². The standard InChI is InChI=1S/C12H13NO/c1-2-14-11-5-6-12(9-3-4-9)10(7-11)8-13/h5-7,9H,2-4H2,1H3. The molecule has 0 saturated heterocycles. The van der Waals surface area contributed by atoms with Crippen molar-refractivity contribution in [1.82, 2.24) is 0 Å². The van der Waals surface area contributed by atoms with Crippen LogP contribution in [0.5, 0.6) is 5.75 Å². The van der Waals surface area contributed by atoms with E-state index in [-0.39, 0.29) is 0 Å². The fourth-order valence-electron chi connectivity index (χ4n) is 1.64. The smallest absolute Gasteiger partial charge is 0.120 e. The minimum atomic E-state index is 0.625. The van der Waals surface area contributed by atoms with Gasteiger partial charge < -0.3 is 4.74 Å². The molecule has 1 fully saturated rings. The zero-order chi connectivity index (χ0) is 9.97. The van der Waals surface area contributed by atoms with Crippen molar-refractivity contribution in [3.8, 4) is 11.8 Å². The van der Waals surface area contributed by atoms with Gasteiger partial charge in [-0.1, -0.05) is 6.07 Å². The maximum Gasteiger partial charge on any atom is 0.120 e. The van der Waals surface area contributed by atoms with Crippen LogP contribution in [0.2, 0.25) is 0 Å². The third-order valence-corrected chi connectivity index (χ3v) is 2.47. The van der Waals surface area contributed by atoms with E-state index in [1.165, 1.54) is 18.4 Å². The third kappa shape index (κ3) is 1.72. The largest absolute Gasteiger partial charge is 0.494 e. The fourth-order valence-corrected chi connectivity index (χ4v) is 1.64. The van der Waals surface area contributed by atoms with Crippen LogP contribution in [0.15, 0.2) is 18.2 Å². The summed E-state index contributed by atoms with van der Waals surface area (Å²) in [6.45, 7) is 2.59. The molecule has 1 saturated carbocycles. The van der Waals surface area contributed by atoms with Gasteiger partial charge in [-0.05, 0) is 43.4 Å². The molecule has 1 aromatic carbocycles. The SMILES string of the molecule is CCOc1ccc(C2CC2)c(C#N)c1. The summed E-state index contributed by atoms with van der Waals surface area (Å²) in [6.07, 6.45) is 2.45. The second-order valence-corrected chi connectivity index (χ2v) is 3.57. The Balaban J connectivity index is 2.30. The van der Waals surface area contributed by atoms with Crippen LogP contribution in [0.3, 0.4) is 0 Å². The summed E-state index contributed by atoms with van der Waals surface area (Å²) in [7, 11) is 0. The van der Waals surface area contributed by atoms with Crippen LogP contribution in [-0.2, 0) is 0 Å². The molecule has 14 heavy (non-hydrogen) atoms. The molecule has 1 aliphatic carbocycles. The average molecular weight is 187 g/mol. The summed E-state index contributed by atoms with van der Waals surface area (Å²) in [5, 5.41) is 8.98. The van der Waals surface area contributed by atoms with Gasteiger partial charge in [0.25, 0.3) is 0 Å². The molecular formula is C12H13NO. The second-order valence-electron chi connectivity index (χ2n) is 3.57. The molecular weight excluding hydrogens is 174 g/mol. The molecule has 2 rings (SSSR count). The van der Waals surface area contributed by atoms with Gasteiger partial charge in [-0.15, -0.1) is 0 Å². The number of benzene rings is 1. The first-order chi connectivity index (χ1) is 6.85. The van der Waals surface area contributed by atoms with Crippen molar-refractivity contribution >= 4 is 0 Å². The van der Waals surface area contributed by atoms with E-state index >= 15 is 0 Å². The molecule has 0 bridgehead atoms. The topological polar surface area (TPSA) is 33.0 Å². The molecule has 0 spiro atoms. The molecule has 0 amide bonds. The van der Waals surface area contributed by atoms with Gasteiger partial charge in [0.05, 0.1) is 18.2 Å². The van der Waals surface area contributed by atoms with Crippen molar-refractivity contribution in [1.29, 1.82) is 5.26 Å². The minimum absolute atomic E-state index is 0.625. The number of hydrogen-bond acceptors (Lipinski definition) is 2. The van der Waals surface area contributed by atoms with Crippen molar-refractivity contribution in [3.05, 3.63) is 29.3 Å². The summed E-state index contributed by atoms with van der Waals surface area (Å²) < 4.78 is 5.35. The molecule has 1 aromatic rings. The number of nitrogens with zero attached hydrogens (tertiary/aromatic N) is 1. The Kier molecular flexibility index (Phi) is 2.41. The highest BCUT2D eigenvalue weighted by atomic mass is 16.5. The quantitative estimate of drug-likeness (QED) is 0.729. The van der Waals surface area contributed by atoms with E-state index in [0.717, 1.165) is 11.3 Å². The lowest BCUT2D eigenvalue weighted by Crippen LogP contribution is -1.94. The van der Waals surface area contributed by atoms with Crippen LogP contribution in [-0.4, -0.2) is 6.61 Å². The number of hydrogen-bond donors (Lipinski definition) is 0. The molecule has 0 heterocycles. The van der Waals surface area contributed by atoms with Gasteiger partial charge in [-0.25, -0.2) is 0 Å². The maximum absolute atomic E-state index is 8.98. The fraction of sp³-hybridized carbons (Fsp3) is 0.417. The van der Waals surface area contributed by atoms with Crippen LogP contribution < -0.4 is 4.74 Å². The highest BCUT2D eigenvalue weighted by Crippen LogP contribution is 2.42. The monoisotopic (exact) mass is 187 g/mol. The summed E-state index contributed by atoms with van der Waals surface area (Å²) in [5.41, 5.74) is 1.97. The number of ether oxygens (including phenoxy) is 1. The van der Waals surface area contributed by atoms with Crippen molar-refractivity contribution in [2.45, 2.75) is 25.7 Å². The highest BCUT2D eigenvalue weighted by molar-refractivity contribution is 5.46. The van der Waals surface area contributed by atoms with Gasteiger partial charge in [0, 0.05) is 0 Å². The van der Waals surface area contributed by atoms with Crippen LogP contribution in [0.25, 0.3) is 0 Å². The molecule has 0 atom stereocenters. The Morgan fingerprint density at radius 1 is 1.50 bits per heavy atom. The molecule has 72 valence electrons. The highest BCUT2D eigenvalue weighted by Gasteiger charge is 2.26. The lowest BCUT2D eigenvalue weighted by molar-refractivity contribution is 0.340. The molecule has 0 N–H and O–H groups in total. The van der Waals surface area contributed by atoms with Crippen LogP contribution in [0.1, 0.15) is 36.8 Å². The molecule has 2 heteroatoms.